The lowest BCUT2D eigenvalue weighted by molar-refractivity contribution is 0.0692. The van der Waals surface area contributed by atoms with Crippen molar-refractivity contribution in [3.05, 3.63) is 37.1 Å². The molecule has 1 aromatic carbocycles. The average Bonchev–Trinajstić information content (AvgIpc) is 2.26. The van der Waals surface area contributed by atoms with E-state index in [-0.39, 0.29) is 15.8 Å². The second-order valence-electron chi connectivity index (χ2n) is 3.19. The number of benzene rings is 1. The number of carboxylic acid groups (broad SMARTS) is 1. The van der Waals surface area contributed by atoms with E-state index in [0.29, 0.717) is 9.86 Å². The summed E-state index contributed by atoms with van der Waals surface area (Å²) in [7, 11) is 0. The molecule has 0 unspecified atom stereocenters. The van der Waals surface area contributed by atoms with Crippen molar-refractivity contribution in [3.63, 3.8) is 0 Å². The van der Waals surface area contributed by atoms with Gasteiger partial charge in [0.15, 0.2) is 5.58 Å². The minimum Gasteiger partial charge on any atom is -0.505 e. The minimum atomic E-state index is -1.36. The number of rotatable bonds is 1. The van der Waals surface area contributed by atoms with Gasteiger partial charge < -0.3 is 14.6 Å². The molecule has 0 radical (unpaired) electrons. The first-order chi connectivity index (χ1) is 7.91. The molecule has 0 aliphatic rings. The Balaban J connectivity index is 2.94. The van der Waals surface area contributed by atoms with Crippen molar-refractivity contribution in [1.29, 1.82) is 0 Å². The van der Waals surface area contributed by atoms with Crippen molar-refractivity contribution in [2.75, 3.05) is 0 Å². The van der Waals surface area contributed by atoms with E-state index in [1.54, 1.807) is 0 Å². The van der Waals surface area contributed by atoms with Crippen molar-refractivity contribution in [3.8, 4) is 5.75 Å². The molecule has 0 spiro atoms. The van der Waals surface area contributed by atoms with Gasteiger partial charge in [-0.15, -0.1) is 0 Å². The summed E-state index contributed by atoms with van der Waals surface area (Å²) in [6.45, 7) is 0. The molecule has 0 atom stereocenters. The van der Waals surface area contributed by atoms with Crippen LogP contribution in [0.25, 0.3) is 11.0 Å². The molecule has 88 valence electrons. The maximum Gasteiger partial charge on any atom is 0.351 e. The van der Waals surface area contributed by atoms with Gasteiger partial charge in [0.1, 0.15) is 15.8 Å². The average molecular weight is 364 g/mol. The van der Waals surface area contributed by atoms with Crippen LogP contribution in [0.2, 0.25) is 0 Å². The lowest BCUT2D eigenvalue weighted by Crippen LogP contribution is -2.12. The van der Waals surface area contributed by atoms with E-state index >= 15 is 0 Å². The SMILES string of the molecule is O=C(O)c1cc2cc(Br)c(O)c(Br)c2oc1=O. The van der Waals surface area contributed by atoms with E-state index in [1.807, 2.05) is 0 Å². The van der Waals surface area contributed by atoms with Crippen molar-refractivity contribution in [2.45, 2.75) is 0 Å². The Morgan fingerprint density at radius 2 is 1.94 bits per heavy atom. The van der Waals surface area contributed by atoms with E-state index in [2.05, 4.69) is 31.9 Å². The molecule has 0 fully saturated rings. The Kier molecular flexibility index (Phi) is 2.96. The predicted octanol–water partition coefficient (Wildman–Crippen LogP) is 2.72. The van der Waals surface area contributed by atoms with Gasteiger partial charge in [-0.25, -0.2) is 9.59 Å². The van der Waals surface area contributed by atoms with Crippen molar-refractivity contribution in [2.24, 2.45) is 0 Å². The third-order valence-electron chi connectivity index (χ3n) is 2.12. The molecule has 1 heterocycles. The largest absolute Gasteiger partial charge is 0.505 e. The highest BCUT2D eigenvalue weighted by Crippen LogP contribution is 2.38. The van der Waals surface area contributed by atoms with E-state index in [1.165, 1.54) is 12.1 Å². The number of aromatic carboxylic acids is 1. The van der Waals surface area contributed by atoms with Gasteiger partial charge in [-0.2, -0.15) is 0 Å². The first-order valence-electron chi connectivity index (χ1n) is 4.30. The van der Waals surface area contributed by atoms with Gasteiger partial charge in [-0.05, 0) is 44.0 Å². The van der Waals surface area contributed by atoms with E-state index in [9.17, 15) is 14.7 Å². The molecule has 2 N–H and O–H groups in total. The summed E-state index contributed by atoms with van der Waals surface area (Å²) in [5.41, 5.74) is -1.32. The maximum absolute atomic E-state index is 11.4. The highest BCUT2D eigenvalue weighted by molar-refractivity contribution is 9.11. The fourth-order valence-electron chi connectivity index (χ4n) is 1.33. The Labute approximate surface area is 111 Å². The topological polar surface area (TPSA) is 87.7 Å². The molecule has 0 saturated carbocycles. The van der Waals surface area contributed by atoms with E-state index in [0.717, 1.165) is 0 Å². The van der Waals surface area contributed by atoms with Crippen LogP contribution in [0.1, 0.15) is 10.4 Å². The standard InChI is InChI=1S/C10H4Br2O5/c11-5-2-3-1-4(9(14)15)10(16)17-8(3)6(12)7(5)13/h1-2,13H,(H,14,15). The molecule has 0 amide bonds. The number of phenolic OH excluding ortho intramolecular Hbond substituents is 1. The summed E-state index contributed by atoms with van der Waals surface area (Å²) >= 11 is 6.17. The summed E-state index contributed by atoms with van der Waals surface area (Å²) in [5, 5.41) is 18.8. The highest BCUT2D eigenvalue weighted by Gasteiger charge is 2.16. The first-order valence-corrected chi connectivity index (χ1v) is 5.88. The normalized spacial score (nSPS) is 10.7. The number of fused-ring (bicyclic) bond motifs is 1. The van der Waals surface area contributed by atoms with E-state index < -0.39 is 17.2 Å². The predicted molar refractivity (Wildman–Crippen MR) is 66.5 cm³/mol. The van der Waals surface area contributed by atoms with Crippen molar-refractivity contribution in [1.82, 2.24) is 0 Å². The van der Waals surface area contributed by atoms with Crippen LogP contribution in [-0.4, -0.2) is 16.2 Å². The molecular formula is C10H4Br2O5. The third kappa shape index (κ3) is 1.96. The van der Waals surface area contributed by atoms with Crippen molar-refractivity contribution < 1.29 is 19.4 Å². The fraction of sp³-hybridized carbons (Fsp3) is 0. The van der Waals surface area contributed by atoms with Gasteiger partial charge in [-0.1, -0.05) is 0 Å². The van der Waals surface area contributed by atoms with Gasteiger partial charge in [0.25, 0.3) is 0 Å². The number of phenols is 1. The lowest BCUT2D eigenvalue weighted by Gasteiger charge is -2.04. The summed E-state index contributed by atoms with van der Waals surface area (Å²) in [6, 6.07) is 2.66. The zero-order chi connectivity index (χ0) is 12.7. The Morgan fingerprint density at radius 1 is 1.29 bits per heavy atom. The number of hydrogen-bond acceptors (Lipinski definition) is 4. The van der Waals surface area contributed by atoms with Crippen molar-refractivity contribution >= 4 is 48.8 Å². The molecule has 5 nitrogen and oxygen atoms in total. The molecule has 0 aliphatic carbocycles. The van der Waals surface area contributed by atoms with E-state index in [4.69, 9.17) is 9.52 Å². The monoisotopic (exact) mass is 362 g/mol. The van der Waals surface area contributed by atoms with Crippen LogP contribution in [-0.2, 0) is 0 Å². The Hall–Kier alpha value is -1.34. The molecule has 2 rings (SSSR count). The molecule has 17 heavy (non-hydrogen) atoms. The first kappa shape index (κ1) is 12.1. The van der Waals surface area contributed by atoms with Crippen LogP contribution in [0.5, 0.6) is 5.75 Å². The summed E-state index contributed by atoms with van der Waals surface area (Å²) in [6.07, 6.45) is 0. The lowest BCUT2D eigenvalue weighted by atomic mass is 10.2. The van der Waals surface area contributed by atoms with Crippen LogP contribution >= 0.6 is 31.9 Å². The number of hydrogen-bond donors (Lipinski definition) is 2. The maximum atomic E-state index is 11.4. The minimum absolute atomic E-state index is 0.0979. The van der Waals surface area contributed by atoms with Gasteiger partial charge in [-0.3, -0.25) is 0 Å². The van der Waals surface area contributed by atoms with Gasteiger partial charge in [0.2, 0.25) is 0 Å². The van der Waals surface area contributed by atoms with Gasteiger partial charge in [0.05, 0.1) is 4.47 Å². The molecular weight excluding hydrogens is 360 g/mol. The zero-order valence-corrected chi connectivity index (χ0v) is 11.2. The molecule has 0 aliphatic heterocycles. The molecule has 7 heteroatoms. The summed E-state index contributed by atoms with van der Waals surface area (Å²) < 4.78 is 5.41. The number of aromatic hydroxyl groups is 1. The molecule has 2 aromatic rings. The van der Waals surface area contributed by atoms with Crippen LogP contribution in [0.4, 0.5) is 0 Å². The fourth-order valence-corrected chi connectivity index (χ4v) is 2.57. The van der Waals surface area contributed by atoms with Crippen LogP contribution in [0, 0.1) is 0 Å². The van der Waals surface area contributed by atoms with Crippen LogP contribution in [0.15, 0.2) is 30.3 Å². The second kappa shape index (κ2) is 4.15. The summed E-state index contributed by atoms with van der Waals surface area (Å²) in [5.74, 6) is -1.48. The van der Waals surface area contributed by atoms with Gasteiger partial charge in [0, 0.05) is 5.39 Å². The smallest absolute Gasteiger partial charge is 0.351 e. The number of carbonyl (C=O) groups is 1. The molecule has 0 saturated heterocycles. The molecule has 1 aromatic heterocycles. The Morgan fingerprint density at radius 3 is 2.53 bits per heavy atom. The quantitative estimate of drug-likeness (QED) is 0.760. The number of carboxylic acids is 1. The molecule has 0 bridgehead atoms. The second-order valence-corrected chi connectivity index (χ2v) is 4.84. The van der Waals surface area contributed by atoms with Crippen LogP contribution < -0.4 is 5.63 Å². The third-order valence-corrected chi connectivity index (χ3v) is 3.46. The number of halogens is 2. The van der Waals surface area contributed by atoms with Crippen LogP contribution in [0.3, 0.4) is 0 Å². The zero-order valence-electron chi connectivity index (χ0n) is 8.03. The highest BCUT2D eigenvalue weighted by atomic mass is 79.9. The Bertz CT molecular complexity index is 689. The van der Waals surface area contributed by atoms with Gasteiger partial charge >= 0.3 is 11.6 Å². The summed E-state index contributed by atoms with van der Waals surface area (Å²) in [4.78, 5) is 22.1.